The molecule has 1 aromatic heterocycles. The van der Waals surface area contributed by atoms with Crippen LogP contribution in [0.1, 0.15) is 46.4 Å². The molecule has 1 amide bonds. The minimum atomic E-state index is -0.453. The van der Waals surface area contributed by atoms with Gasteiger partial charge in [0.15, 0.2) is 0 Å². The molecule has 0 saturated heterocycles. The first-order valence-electron chi connectivity index (χ1n) is 10.9. The Morgan fingerprint density at radius 1 is 1.10 bits per heavy atom. The number of amides is 1. The van der Waals surface area contributed by atoms with E-state index in [1.54, 1.807) is 0 Å². The van der Waals surface area contributed by atoms with Crippen molar-refractivity contribution in [1.29, 1.82) is 0 Å². The van der Waals surface area contributed by atoms with E-state index in [-0.39, 0.29) is 12.0 Å². The van der Waals surface area contributed by atoms with Gasteiger partial charge in [0.2, 0.25) is 0 Å². The van der Waals surface area contributed by atoms with Gasteiger partial charge >= 0.3 is 0 Å². The quantitative estimate of drug-likeness (QED) is 0.668. The maximum absolute atomic E-state index is 13.2. The molecule has 158 valence electrons. The fourth-order valence-corrected chi connectivity index (χ4v) is 4.57. The van der Waals surface area contributed by atoms with Crippen LogP contribution < -0.4 is 4.74 Å². The summed E-state index contributed by atoms with van der Waals surface area (Å²) in [6, 6.07) is 18.2. The van der Waals surface area contributed by atoms with Gasteiger partial charge in [0.25, 0.3) is 5.91 Å². The summed E-state index contributed by atoms with van der Waals surface area (Å²) >= 11 is 0. The second-order valence-corrected chi connectivity index (χ2v) is 8.49. The standard InChI is InChI=1S/C26H26N2O3/c1-17-14-20(12-13-27-17)19-10-8-18(9-11-19)15-28-16-21-4-2-7-24(25(21)26(28)30)31-23-6-3-5-22(23)29/h2,4,7-14,22-23,29H,3,5-6,15-16H2,1H3/t22-,23?/m0/s1. The Morgan fingerprint density at radius 2 is 1.94 bits per heavy atom. The minimum absolute atomic E-state index is 0.00748. The van der Waals surface area contributed by atoms with Crippen LogP contribution in [0.4, 0.5) is 0 Å². The van der Waals surface area contributed by atoms with E-state index in [4.69, 9.17) is 4.74 Å². The Morgan fingerprint density at radius 3 is 2.68 bits per heavy atom. The molecule has 2 heterocycles. The third-order valence-electron chi connectivity index (χ3n) is 6.23. The molecule has 2 aliphatic rings. The highest BCUT2D eigenvalue weighted by atomic mass is 16.5. The van der Waals surface area contributed by atoms with Crippen LogP contribution in [-0.4, -0.2) is 33.1 Å². The number of pyridine rings is 1. The first kappa shape index (κ1) is 19.8. The minimum Gasteiger partial charge on any atom is -0.487 e. The lowest BCUT2D eigenvalue weighted by Gasteiger charge is -2.19. The summed E-state index contributed by atoms with van der Waals surface area (Å²) in [4.78, 5) is 19.3. The lowest BCUT2D eigenvalue weighted by Crippen LogP contribution is -2.27. The number of hydrogen-bond donors (Lipinski definition) is 1. The Kier molecular flexibility index (Phi) is 5.20. The first-order chi connectivity index (χ1) is 15.1. The number of benzene rings is 2. The number of aliphatic hydroxyl groups is 1. The molecule has 5 heteroatoms. The van der Waals surface area contributed by atoms with Gasteiger partial charge in [-0.25, -0.2) is 0 Å². The van der Waals surface area contributed by atoms with Gasteiger partial charge in [-0.3, -0.25) is 9.78 Å². The third kappa shape index (κ3) is 3.93. The van der Waals surface area contributed by atoms with Gasteiger partial charge in [0.1, 0.15) is 11.9 Å². The molecule has 0 spiro atoms. The number of ether oxygens (including phenoxy) is 1. The van der Waals surface area contributed by atoms with Gasteiger partial charge in [0, 0.05) is 25.0 Å². The predicted molar refractivity (Wildman–Crippen MR) is 119 cm³/mol. The number of carbonyl (C=O) groups excluding carboxylic acids is 1. The molecule has 0 radical (unpaired) electrons. The van der Waals surface area contributed by atoms with Crippen LogP contribution in [0.5, 0.6) is 5.75 Å². The SMILES string of the molecule is Cc1cc(-c2ccc(CN3Cc4cccc(OC5CCC[C@@H]5O)c4C3=O)cc2)ccn1. The largest absolute Gasteiger partial charge is 0.487 e. The number of aryl methyl sites for hydroxylation is 1. The van der Waals surface area contributed by atoms with Gasteiger partial charge in [-0.1, -0.05) is 36.4 Å². The second kappa shape index (κ2) is 8.16. The van der Waals surface area contributed by atoms with E-state index in [2.05, 4.69) is 35.3 Å². The summed E-state index contributed by atoms with van der Waals surface area (Å²) in [5, 5.41) is 10.1. The molecule has 31 heavy (non-hydrogen) atoms. The summed E-state index contributed by atoms with van der Waals surface area (Å²) in [6.45, 7) is 3.11. The molecule has 1 N–H and O–H groups in total. The number of rotatable bonds is 5. The second-order valence-electron chi connectivity index (χ2n) is 8.49. The Hall–Kier alpha value is -3.18. The number of hydrogen-bond acceptors (Lipinski definition) is 4. The predicted octanol–water partition coefficient (Wildman–Crippen LogP) is 4.51. The number of aromatic nitrogens is 1. The van der Waals surface area contributed by atoms with Gasteiger partial charge in [0.05, 0.1) is 11.7 Å². The molecule has 5 nitrogen and oxygen atoms in total. The number of carbonyl (C=O) groups is 1. The van der Waals surface area contributed by atoms with E-state index in [0.29, 0.717) is 24.4 Å². The zero-order valence-electron chi connectivity index (χ0n) is 17.6. The van der Waals surface area contributed by atoms with Gasteiger partial charge in [-0.15, -0.1) is 0 Å². The fraction of sp³-hybridized carbons (Fsp3) is 0.308. The van der Waals surface area contributed by atoms with Crippen molar-refractivity contribution < 1.29 is 14.6 Å². The van der Waals surface area contributed by atoms with Crippen molar-refractivity contribution in [3.63, 3.8) is 0 Å². The zero-order valence-corrected chi connectivity index (χ0v) is 17.6. The van der Waals surface area contributed by atoms with Crippen molar-refractivity contribution in [2.24, 2.45) is 0 Å². The lowest BCUT2D eigenvalue weighted by molar-refractivity contribution is 0.0582. The Labute approximate surface area is 182 Å². The first-order valence-corrected chi connectivity index (χ1v) is 10.9. The highest BCUT2D eigenvalue weighted by Crippen LogP contribution is 2.34. The molecule has 5 rings (SSSR count). The van der Waals surface area contributed by atoms with Crippen molar-refractivity contribution in [2.45, 2.75) is 51.5 Å². The lowest BCUT2D eigenvalue weighted by atomic mass is 10.0. The molecule has 2 aromatic carbocycles. The molecule has 1 aliphatic heterocycles. The number of fused-ring (bicyclic) bond motifs is 1. The van der Waals surface area contributed by atoms with E-state index in [1.165, 1.54) is 0 Å². The highest BCUT2D eigenvalue weighted by Gasteiger charge is 2.33. The molecule has 2 atom stereocenters. The van der Waals surface area contributed by atoms with Crippen LogP contribution in [0.3, 0.4) is 0 Å². The summed E-state index contributed by atoms with van der Waals surface area (Å²) in [5.41, 5.74) is 5.98. The van der Waals surface area contributed by atoms with Crippen LogP contribution in [0.15, 0.2) is 60.8 Å². The maximum Gasteiger partial charge on any atom is 0.258 e. The third-order valence-corrected chi connectivity index (χ3v) is 6.23. The molecular formula is C26H26N2O3. The van der Waals surface area contributed by atoms with E-state index in [1.807, 2.05) is 42.3 Å². The summed E-state index contributed by atoms with van der Waals surface area (Å²) in [5.74, 6) is 0.589. The van der Waals surface area contributed by atoms with Crippen molar-refractivity contribution in [2.75, 3.05) is 0 Å². The molecule has 1 aliphatic carbocycles. The van der Waals surface area contributed by atoms with E-state index < -0.39 is 6.10 Å². The van der Waals surface area contributed by atoms with E-state index in [0.717, 1.165) is 47.2 Å². The molecule has 0 bridgehead atoms. The molecular weight excluding hydrogens is 388 g/mol. The normalized spacial score (nSPS) is 20.2. The summed E-state index contributed by atoms with van der Waals surface area (Å²) in [7, 11) is 0. The molecule has 1 saturated carbocycles. The van der Waals surface area contributed by atoms with Gasteiger partial charge in [-0.05, 0) is 66.6 Å². The van der Waals surface area contributed by atoms with Crippen LogP contribution in [0.2, 0.25) is 0 Å². The van der Waals surface area contributed by atoms with Crippen LogP contribution in [0, 0.1) is 6.92 Å². The van der Waals surface area contributed by atoms with Gasteiger partial charge < -0.3 is 14.7 Å². The topological polar surface area (TPSA) is 62.7 Å². The van der Waals surface area contributed by atoms with Crippen LogP contribution >= 0.6 is 0 Å². The Bertz CT molecular complexity index is 1110. The summed E-state index contributed by atoms with van der Waals surface area (Å²) < 4.78 is 6.07. The van der Waals surface area contributed by atoms with Crippen molar-refractivity contribution in [3.05, 3.63) is 83.2 Å². The average Bonchev–Trinajstić information content (AvgIpc) is 3.32. The molecule has 1 unspecified atom stereocenters. The van der Waals surface area contributed by atoms with Crippen LogP contribution in [-0.2, 0) is 13.1 Å². The van der Waals surface area contributed by atoms with Crippen molar-refractivity contribution in [1.82, 2.24) is 9.88 Å². The summed E-state index contributed by atoms with van der Waals surface area (Å²) in [6.07, 6.45) is 3.68. The van der Waals surface area contributed by atoms with E-state index in [9.17, 15) is 9.90 Å². The van der Waals surface area contributed by atoms with Crippen molar-refractivity contribution in [3.8, 4) is 16.9 Å². The smallest absolute Gasteiger partial charge is 0.258 e. The monoisotopic (exact) mass is 414 g/mol. The zero-order chi connectivity index (χ0) is 21.4. The Balaban J connectivity index is 1.31. The van der Waals surface area contributed by atoms with Crippen molar-refractivity contribution >= 4 is 5.91 Å². The van der Waals surface area contributed by atoms with E-state index >= 15 is 0 Å². The molecule has 3 aromatic rings. The highest BCUT2D eigenvalue weighted by molar-refractivity contribution is 6.01. The van der Waals surface area contributed by atoms with Crippen LogP contribution in [0.25, 0.3) is 11.1 Å². The fourth-order valence-electron chi connectivity index (χ4n) is 4.57. The maximum atomic E-state index is 13.2. The van der Waals surface area contributed by atoms with Gasteiger partial charge in [-0.2, -0.15) is 0 Å². The number of aliphatic hydroxyl groups excluding tert-OH is 1. The molecule has 1 fully saturated rings. The number of nitrogens with zero attached hydrogens (tertiary/aromatic N) is 2. The average molecular weight is 415 g/mol.